The molecular weight excluding hydrogens is 316 g/mol. The Balaban J connectivity index is 1.83. The van der Waals surface area contributed by atoms with Gasteiger partial charge in [0, 0.05) is 32.5 Å². The lowest BCUT2D eigenvalue weighted by atomic mass is 10.1. The second-order valence-corrected chi connectivity index (χ2v) is 6.45. The molecule has 1 fully saturated rings. The number of ether oxygens (including phenoxy) is 1. The zero-order valence-corrected chi connectivity index (χ0v) is 14.9. The molecule has 0 bridgehead atoms. The van der Waals surface area contributed by atoms with Crippen LogP contribution in [0.25, 0.3) is 0 Å². The average molecular weight is 342 g/mol. The second kappa shape index (κ2) is 8.05. The number of aryl methyl sites for hydroxylation is 1. The molecule has 0 spiro atoms. The Morgan fingerprint density at radius 2 is 1.84 bits per heavy atom. The second-order valence-electron chi connectivity index (χ2n) is 6.45. The first-order valence-corrected chi connectivity index (χ1v) is 8.85. The van der Waals surface area contributed by atoms with Gasteiger partial charge in [-0.15, -0.1) is 0 Å². The van der Waals surface area contributed by atoms with E-state index < -0.39 is 0 Å². The van der Waals surface area contributed by atoms with E-state index in [1.165, 1.54) is 12.8 Å². The minimum Gasteiger partial charge on any atom is -0.497 e. The number of benzene rings is 1. The van der Waals surface area contributed by atoms with E-state index in [0.29, 0.717) is 0 Å². The van der Waals surface area contributed by atoms with E-state index in [4.69, 9.17) is 4.74 Å². The van der Waals surface area contributed by atoms with Crippen molar-refractivity contribution < 1.29 is 9.53 Å². The molecule has 1 N–H and O–H groups in total. The largest absolute Gasteiger partial charge is 0.497 e. The molecule has 134 valence electrons. The SMILES string of the molecule is COc1ccc(C(NC(=O)N2CCCCCC2)c2nccn2C)cc1. The Morgan fingerprint density at radius 3 is 2.40 bits per heavy atom. The number of hydrogen-bond acceptors (Lipinski definition) is 3. The molecule has 1 unspecified atom stereocenters. The molecule has 1 saturated heterocycles. The smallest absolute Gasteiger partial charge is 0.318 e. The fourth-order valence-corrected chi connectivity index (χ4v) is 3.24. The Kier molecular flexibility index (Phi) is 5.58. The fraction of sp³-hybridized carbons (Fsp3) is 0.474. The molecule has 2 amide bonds. The molecule has 2 heterocycles. The van der Waals surface area contributed by atoms with Gasteiger partial charge >= 0.3 is 6.03 Å². The Hall–Kier alpha value is -2.50. The number of methoxy groups -OCH3 is 1. The lowest BCUT2D eigenvalue weighted by Gasteiger charge is -2.25. The lowest BCUT2D eigenvalue weighted by Crippen LogP contribution is -2.43. The van der Waals surface area contributed by atoms with Crippen LogP contribution < -0.4 is 10.1 Å². The maximum absolute atomic E-state index is 12.8. The molecule has 6 heteroatoms. The third kappa shape index (κ3) is 4.13. The predicted molar refractivity (Wildman–Crippen MR) is 96.6 cm³/mol. The van der Waals surface area contributed by atoms with Gasteiger partial charge in [0.2, 0.25) is 0 Å². The van der Waals surface area contributed by atoms with Crippen LogP contribution >= 0.6 is 0 Å². The summed E-state index contributed by atoms with van der Waals surface area (Å²) in [5.74, 6) is 1.61. The van der Waals surface area contributed by atoms with E-state index in [1.54, 1.807) is 13.3 Å². The quantitative estimate of drug-likeness (QED) is 0.929. The maximum atomic E-state index is 12.8. The summed E-state index contributed by atoms with van der Waals surface area (Å²) in [5.41, 5.74) is 0.985. The van der Waals surface area contributed by atoms with Gasteiger partial charge < -0.3 is 19.5 Å². The van der Waals surface area contributed by atoms with Crippen LogP contribution in [0.3, 0.4) is 0 Å². The Morgan fingerprint density at radius 1 is 1.16 bits per heavy atom. The third-order valence-corrected chi connectivity index (χ3v) is 4.73. The molecule has 1 aliphatic heterocycles. The summed E-state index contributed by atoms with van der Waals surface area (Å²) in [5, 5.41) is 3.17. The number of aromatic nitrogens is 2. The molecule has 0 saturated carbocycles. The Bertz CT molecular complexity index is 688. The van der Waals surface area contributed by atoms with E-state index >= 15 is 0 Å². The third-order valence-electron chi connectivity index (χ3n) is 4.73. The van der Waals surface area contributed by atoms with Gasteiger partial charge in [0.1, 0.15) is 17.6 Å². The molecule has 1 atom stereocenters. The average Bonchev–Trinajstić information content (AvgIpc) is 2.88. The summed E-state index contributed by atoms with van der Waals surface area (Å²) in [4.78, 5) is 19.2. The number of carbonyl (C=O) groups is 1. The van der Waals surface area contributed by atoms with Crippen molar-refractivity contribution in [1.29, 1.82) is 0 Å². The monoisotopic (exact) mass is 342 g/mol. The van der Waals surface area contributed by atoms with Gasteiger partial charge in [0.15, 0.2) is 0 Å². The van der Waals surface area contributed by atoms with Crippen LogP contribution in [0, 0.1) is 0 Å². The number of urea groups is 1. The van der Waals surface area contributed by atoms with Crippen molar-refractivity contribution in [3.05, 3.63) is 48.0 Å². The highest BCUT2D eigenvalue weighted by atomic mass is 16.5. The van der Waals surface area contributed by atoms with E-state index in [1.807, 2.05) is 47.0 Å². The number of nitrogens with zero attached hydrogens (tertiary/aromatic N) is 3. The van der Waals surface area contributed by atoms with Gasteiger partial charge in [-0.1, -0.05) is 25.0 Å². The number of imidazole rings is 1. The fourth-order valence-electron chi connectivity index (χ4n) is 3.24. The minimum absolute atomic E-state index is 0.0225. The summed E-state index contributed by atoms with van der Waals surface area (Å²) < 4.78 is 7.18. The molecule has 1 aromatic carbocycles. The van der Waals surface area contributed by atoms with E-state index in [2.05, 4.69) is 10.3 Å². The van der Waals surface area contributed by atoms with Crippen LogP contribution in [0.1, 0.15) is 43.1 Å². The molecule has 6 nitrogen and oxygen atoms in total. The van der Waals surface area contributed by atoms with Crippen molar-refractivity contribution in [3.8, 4) is 5.75 Å². The van der Waals surface area contributed by atoms with Crippen molar-refractivity contribution in [1.82, 2.24) is 19.8 Å². The molecule has 3 rings (SSSR count). The number of amides is 2. The van der Waals surface area contributed by atoms with Crippen molar-refractivity contribution in [2.45, 2.75) is 31.7 Å². The zero-order chi connectivity index (χ0) is 17.6. The molecule has 2 aromatic rings. The van der Waals surface area contributed by atoms with Crippen molar-refractivity contribution >= 4 is 6.03 Å². The highest BCUT2D eigenvalue weighted by Crippen LogP contribution is 2.23. The maximum Gasteiger partial charge on any atom is 0.318 e. The summed E-state index contributed by atoms with van der Waals surface area (Å²) >= 11 is 0. The zero-order valence-electron chi connectivity index (χ0n) is 14.9. The normalized spacial score (nSPS) is 16.2. The highest BCUT2D eigenvalue weighted by molar-refractivity contribution is 5.75. The number of rotatable bonds is 4. The predicted octanol–water partition coefficient (Wildman–Crippen LogP) is 3.10. The van der Waals surface area contributed by atoms with Crippen molar-refractivity contribution in [2.24, 2.45) is 7.05 Å². The number of nitrogens with one attached hydrogen (secondary N) is 1. The van der Waals surface area contributed by atoms with Crippen LogP contribution in [0.15, 0.2) is 36.7 Å². The van der Waals surface area contributed by atoms with Crippen LogP contribution in [0.5, 0.6) is 5.75 Å². The van der Waals surface area contributed by atoms with Gasteiger partial charge in [0.25, 0.3) is 0 Å². The molecule has 25 heavy (non-hydrogen) atoms. The molecule has 0 aliphatic carbocycles. The number of hydrogen-bond donors (Lipinski definition) is 1. The highest BCUT2D eigenvalue weighted by Gasteiger charge is 2.24. The number of likely N-dealkylation sites (tertiary alicyclic amines) is 1. The van der Waals surface area contributed by atoms with Gasteiger partial charge in [-0.25, -0.2) is 9.78 Å². The van der Waals surface area contributed by atoms with E-state index in [0.717, 1.165) is 43.1 Å². The summed E-state index contributed by atoms with van der Waals surface area (Å²) in [6.45, 7) is 1.64. The van der Waals surface area contributed by atoms with Gasteiger partial charge in [0.05, 0.1) is 7.11 Å². The topological polar surface area (TPSA) is 59.4 Å². The summed E-state index contributed by atoms with van der Waals surface area (Å²) in [6.07, 6.45) is 8.19. The van der Waals surface area contributed by atoms with Crippen molar-refractivity contribution in [2.75, 3.05) is 20.2 Å². The first kappa shape index (κ1) is 17.3. The van der Waals surface area contributed by atoms with Crippen LogP contribution in [-0.2, 0) is 7.05 Å². The van der Waals surface area contributed by atoms with Gasteiger partial charge in [-0.2, -0.15) is 0 Å². The standard InChI is InChI=1S/C19H26N4O2/c1-22-14-11-20-18(22)17(15-7-9-16(25-2)10-8-15)21-19(24)23-12-5-3-4-6-13-23/h7-11,14,17H,3-6,12-13H2,1-2H3,(H,21,24). The van der Waals surface area contributed by atoms with Crippen LogP contribution in [0.2, 0.25) is 0 Å². The molecular formula is C19H26N4O2. The first-order chi connectivity index (χ1) is 12.2. The lowest BCUT2D eigenvalue weighted by molar-refractivity contribution is 0.197. The van der Waals surface area contributed by atoms with Gasteiger partial charge in [-0.3, -0.25) is 0 Å². The van der Waals surface area contributed by atoms with Crippen LogP contribution in [-0.4, -0.2) is 40.7 Å². The van der Waals surface area contributed by atoms with E-state index in [9.17, 15) is 4.79 Å². The number of carbonyl (C=O) groups excluding carboxylic acids is 1. The molecule has 1 aromatic heterocycles. The van der Waals surface area contributed by atoms with Gasteiger partial charge in [-0.05, 0) is 30.5 Å². The summed E-state index contributed by atoms with van der Waals surface area (Å²) in [7, 11) is 3.59. The Labute approximate surface area is 148 Å². The molecule has 0 radical (unpaired) electrons. The van der Waals surface area contributed by atoms with Crippen LogP contribution in [0.4, 0.5) is 4.79 Å². The summed E-state index contributed by atoms with van der Waals surface area (Å²) in [6, 6.07) is 7.45. The van der Waals surface area contributed by atoms with E-state index in [-0.39, 0.29) is 12.1 Å². The molecule has 1 aliphatic rings. The minimum atomic E-state index is -0.290. The van der Waals surface area contributed by atoms with Crippen molar-refractivity contribution in [3.63, 3.8) is 0 Å². The first-order valence-electron chi connectivity index (χ1n) is 8.85.